The van der Waals surface area contributed by atoms with E-state index in [1.165, 1.54) is 12.1 Å². The van der Waals surface area contributed by atoms with Crippen LogP contribution in [0.15, 0.2) is 24.3 Å². The van der Waals surface area contributed by atoms with Gasteiger partial charge in [0, 0.05) is 6.42 Å². The molecule has 7 heteroatoms. The van der Waals surface area contributed by atoms with E-state index in [0.29, 0.717) is 0 Å². The van der Waals surface area contributed by atoms with Crippen LogP contribution in [0.25, 0.3) is 0 Å². The van der Waals surface area contributed by atoms with Gasteiger partial charge in [-0.25, -0.2) is 4.79 Å². The summed E-state index contributed by atoms with van der Waals surface area (Å²) in [5.74, 6) is -1.31. The highest BCUT2D eigenvalue weighted by Gasteiger charge is 2.30. The lowest BCUT2D eigenvalue weighted by Crippen LogP contribution is -2.37. The normalized spacial score (nSPS) is 12.8. The van der Waals surface area contributed by atoms with Crippen LogP contribution in [0.3, 0.4) is 0 Å². The first kappa shape index (κ1) is 14.0. The predicted octanol–water partition coefficient (Wildman–Crippen LogP) is 1.45. The third-order valence-electron chi connectivity index (χ3n) is 2.26. The van der Waals surface area contributed by atoms with Crippen molar-refractivity contribution in [2.75, 3.05) is 0 Å². The summed E-state index contributed by atoms with van der Waals surface area (Å²) >= 11 is 0. The summed E-state index contributed by atoms with van der Waals surface area (Å²) < 4.78 is 37.3. The largest absolute Gasteiger partial charge is 0.480 e. The Kier molecular flexibility index (Phi) is 4.30. The molecule has 1 aromatic rings. The molecule has 0 saturated carbocycles. The molecule has 18 heavy (non-hydrogen) atoms. The number of carbonyl (C=O) groups excluding carboxylic acids is 1. The van der Waals surface area contributed by atoms with E-state index in [9.17, 15) is 22.8 Å². The van der Waals surface area contributed by atoms with Crippen molar-refractivity contribution in [3.63, 3.8) is 0 Å². The van der Waals surface area contributed by atoms with Crippen molar-refractivity contribution >= 4 is 12.4 Å². The summed E-state index contributed by atoms with van der Waals surface area (Å²) in [6.45, 7) is 0. The van der Waals surface area contributed by atoms with E-state index in [0.717, 1.165) is 12.1 Å². The molecule has 0 heterocycles. The van der Waals surface area contributed by atoms with Gasteiger partial charge in [0.15, 0.2) is 0 Å². The number of aliphatic carboxylic acids is 1. The Balaban J connectivity index is 2.90. The van der Waals surface area contributed by atoms with Crippen LogP contribution in [0.5, 0.6) is 0 Å². The first-order valence-electron chi connectivity index (χ1n) is 4.93. The Morgan fingerprint density at radius 2 is 2.11 bits per heavy atom. The fraction of sp³-hybridized carbons (Fsp3) is 0.273. The van der Waals surface area contributed by atoms with Gasteiger partial charge in [0.2, 0.25) is 6.41 Å². The van der Waals surface area contributed by atoms with Gasteiger partial charge in [-0.05, 0) is 11.6 Å². The number of rotatable bonds is 5. The molecule has 0 aliphatic rings. The number of carbonyl (C=O) groups is 2. The van der Waals surface area contributed by atoms with E-state index < -0.39 is 23.8 Å². The van der Waals surface area contributed by atoms with E-state index in [4.69, 9.17) is 5.11 Å². The number of hydrogen-bond acceptors (Lipinski definition) is 2. The van der Waals surface area contributed by atoms with Crippen LogP contribution in [0.1, 0.15) is 11.1 Å². The molecule has 0 spiro atoms. The van der Waals surface area contributed by atoms with Crippen molar-refractivity contribution in [2.45, 2.75) is 18.6 Å². The highest BCUT2D eigenvalue weighted by molar-refractivity contribution is 5.76. The van der Waals surface area contributed by atoms with Gasteiger partial charge in [-0.15, -0.1) is 0 Å². The number of amides is 1. The average Bonchev–Trinajstić information content (AvgIpc) is 2.27. The Labute approximate surface area is 100 Å². The Morgan fingerprint density at radius 1 is 1.44 bits per heavy atom. The maximum atomic E-state index is 12.4. The monoisotopic (exact) mass is 261 g/mol. The van der Waals surface area contributed by atoms with Gasteiger partial charge in [0.05, 0.1) is 5.56 Å². The lowest BCUT2D eigenvalue weighted by Gasteiger charge is -2.13. The zero-order valence-corrected chi connectivity index (χ0v) is 9.07. The molecule has 1 unspecified atom stereocenters. The number of carboxylic acid groups (broad SMARTS) is 1. The number of nitrogens with one attached hydrogen (secondary N) is 1. The smallest absolute Gasteiger partial charge is 0.416 e. The van der Waals surface area contributed by atoms with Gasteiger partial charge in [-0.2, -0.15) is 13.2 Å². The zero-order valence-electron chi connectivity index (χ0n) is 9.07. The minimum Gasteiger partial charge on any atom is -0.480 e. The maximum absolute atomic E-state index is 12.4. The van der Waals surface area contributed by atoms with Crippen molar-refractivity contribution in [1.29, 1.82) is 0 Å². The lowest BCUT2D eigenvalue weighted by molar-refractivity contribution is -0.140. The molecule has 98 valence electrons. The molecule has 0 aromatic heterocycles. The van der Waals surface area contributed by atoms with Crippen molar-refractivity contribution < 1.29 is 27.9 Å². The van der Waals surface area contributed by atoms with Gasteiger partial charge in [0.1, 0.15) is 6.04 Å². The Bertz CT molecular complexity index is 445. The number of benzene rings is 1. The summed E-state index contributed by atoms with van der Waals surface area (Å²) in [7, 11) is 0. The molecule has 4 nitrogen and oxygen atoms in total. The molecular weight excluding hydrogens is 251 g/mol. The van der Waals surface area contributed by atoms with Crippen LogP contribution in [-0.2, 0) is 22.2 Å². The molecule has 0 aliphatic carbocycles. The molecule has 1 amide bonds. The first-order chi connectivity index (χ1) is 8.34. The fourth-order valence-electron chi connectivity index (χ4n) is 1.41. The second-order valence-electron chi connectivity index (χ2n) is 3.58. The van der Waals surface area contributed by atoms with Crippen molar-refractivity contribution in [1.82, 2.24) is 5.32 Å². The topological polar surface area (TPSA) is 66.4 Å². The van der Waals surface area contributed by atoms with Crippen LogP contribution in [0, 0.1) is 0 Å². The summed E-state index contributed by atoms with van der Waals surface area (Å²) in [4.78, 5) is 20.9. The SMILES string of the molecule is O=CNC(Cc1cccc(C(F)(F)F)c1)C(=O)O. The van der Waals surface area contributed by atoms with Crippen molar-refractivity contribution in [2.24, 2.45) is 0 Å². The number of carboxylic acids is 1. The molecular formula is C11H10F3NO3. The molecule has 0 saturated heterocycles. The quantitative estimate of drug-likeness (QED) is 0.788. The van der Waals surface area contributed by atoms with Gasteiger partial charge >= 0.3 is 12.1 Å². The zero-order chi connectivity index (χ0) is 13.8. The van der Waals surface area contributed by atoms with E-state index in [1.807, 2.05) is 5.32 Å². The maximum Gasteiger partial charge on any atom is 0.416 e. The van der Waals surface area contributed by atoms with E-state index in [-0.39, 0.29) is 18.4 Å². The summed E-state index contributed by atoms with van der Waals surface area (Å²) in [5, 5.41) is 10.8. The third kappa shape index (κ3) is 3.76. The van der Waals surface area contributed by atoms with Crippen molar-refractivity contribution in [3.8, 4) is 0 Å². The van der Waals surface area contributed by atoms with Gasteiger partial charge in [0.25, 0.3) is 0 Å². The van der Waals surface area contributed by atoms with Gasteiger partial charge in [-0.1, -0.05) is 18.2 Å². The second kappa shape index (κ2) is 5.52. The highest BCUT2D eigenvalue weighted by atomic mass is 19.4. The predicted molar refractivity (Wildman–Crippen MR) is 55.8 cm³/mol. The molecule has 0 radical (unpaired) electrons. The van der Waals surface area contributed by atoms with Crippen molar-refractivity contribution in [3.05, 3.63) is 35.4 Å². The average molecular weight is 261 g/mol. The molecule has 1 atom stereocenters. The molecule has 2 N–H and O–H groups in total. The number of halogens is 3. The molecule has 0 aliphatic heterocycles. The van der Waals surface area contributed by atoms with Gasteiger partial charge < -0.3 is 10.4 Å². The van der Waals surface area contributed by atoms with Gasteiger partial charge in [-0.3, -0.25) is 4.79 Å². The van der Waals surface area contributed by atoms with Crippen LogP contribution < -0.4 is 5.32 Å². The highest BCUT2D eigenvalue weighted by Crippen LogP contribution is 2.29. The summed E-state index contributed by atoms with van der Waals surface area (Å²) in [6, 6.07) is 3.08. The van der Waals surface area contributed by atoms with Crippen LogP contribution in [0.2, 0.25) is 0 Å². The molecule has 1 rings (SSSR count). The minimum atomic E-state index is -4.48. The third-order valence-corrected chi connectivity index (χ3v) is 2.26. The Morgan fingerprint density at radius 3 is 2.61 bits per heavy atom. The summed E-state index contributed by atoms with van der Waals surface area (Å²) in [5.41, 5.74) is -0.665. The number of hydrogen-bond donors (Lipinski definition) is 2. The first-order valence-corrected chi connectivity index (χ1v) is 4.93. The molecule has 0 fully saturated rings. The Hall–Kier alpha value is -2.05. The molecule has 1 aromatic carbocycles. The lowest BCUT2D eigenvalue weighted by atomic mass is 10.0. The second-order valence-corrected chi connectivity index (χ2v) is 3.58. The fourth-order valence-corrected chi connectivity index (χ4v) is 1.41. The number of alkyl halides is 3. The van der Waals surface area contributed by atoms with Crippen LogP contribution >= 0.6 is 0 Å². The molecule has 0 bridgehead atoms. The summed E-state index contributed by atoms with van der Waals surface area (Å²) in [6.07, 6.45) is -4.49. The van der Waals surface area contributed by atoms with E-state index in [1.54, 1.807) is 0 Å². The van der Waals surface area contributed by atoms with Crippen LogP contribution in [-0.4, -0.2) is 23.5 Å². The van der Waals surface area contributed by atoms with E-state index >= 15 is 0 Å². The van der Waals surface area contributed by atoms with Crippen LogP contribution in [0.4, 0.5) is 13.2 Å². The standard InChI is InChI=1S/C11H10F3NO3/c12-11(13,14)8-3-1-2-7(4-8)5-9(10(17)18)15-6-16/h1-4,6,9H,5H2,(H,15,16)(H,17,18). The van der Waals surface area contributed by atoms with E-state index in [2.05, 4.69) is 0 Å². The minimum absolute atomic E-state index is 0.187.